The van der Waals surface area contributed by atoms with E-state index in [0.29, 0.717) is 24.7 Å². The third-order valence-electron chi connectivity index (χ3n) is 3.65. The molecule has 0 spiro atoms. The third-order valence-corrected chi connectivity index (χ3v) is 3.65. The van der Waals surface area contributed by atoms with Gasteiger partial charge in [-0.2, -0.15) is 0 Å². The van der Waals surface area contributed by atoms with Crippen molar-refractivity contribution in [3.8, 4) is 11.5 Å². The van der Waals surface area contributed by atoms with Gasteiger partial charge in [0.05, 0.1) is 26.9 Å². The lowest BCUT2D eigenvalue weighted by atomic mass is 10.2. The zero-order chi connectivity index (χ0) is 17.2. The first-order valence-electron chi connectivity index (χ1n) is 8.18. The van der Waals surface area contributed by atoms with E-state index < -0.39 is 0 Å². The molecule has 0 amide bonds. The standard InChI is InChI=1S/C18H25NO5/c1-3-23-18(20)7-5-15-4-6-16(17(14-15)21-2)24-13-10-19-8-11-22-12-9-19/h4-7,14H,3,8-13H2,1-2H3. The molecule has 6 nitrogen and oxygen atoms in total. The molecular formula is C18H25NO5. The van der Waals surface area contributed by atoms with Crippen LogP contribution in [0.2, 0.25) is 0 Å². The Labute approximate surface area is 142 Å². The molecule has 24 heavy (non-hydrogen) atoms. The van der Waals surface area contributed by atoms with Crippen molar-refractivity contribution >= 4 is 12.0 Å². The molecule has 1 aliphatic rings. The van der Waals surface area contributed by atoms with E-state index in [4.69, 9.17) is 18.9 Å². The van der Waals surface area contributed by atoms with Crippen LogP contribution in [0.25, 0.3) is 6.08 Å². The highest BCUT2D eigenvalue weighted by molar-refractivity contribution is 5.87. The van der Waals surface area contributed by atoms with Gasteiger partial charge in [-0.3, -0.25) is 4.90 Å². The van der Waals surface area contributed by atoms with Gasteiger partial charge in [-0.05, 0) is 30.7 Å². The van der Waals surface area contributed by atoms with E-state index in [1.165, 1.54) is 6.08 Å². The fourth-order valence-electron chi connectivity index (χ4n) is 2.37. The average Bonchev–Trinajstić information content (AvgIpc) is 2.62. The number of hydrogen-bond donors (Lipinski definition) is 0. The number of methoxy groups -OCH3 is 1. The number of benzene rings is 1. The van der Waals surface area contributed by atoms with Crippen molar-refractivity contribution in [3.63, 3.8) is 0 Å². The van der Waals surface area contributed by atoms with Gasteiger partial charge in [0, 0.05) is 25.7 Å². The Bertz CT molecular complexity index is 552. The number of esters is 1. The molecule has 0 bridgehead atoms. The summed E-state index contributed by atoms with van der Waals surface area (Å²) >= 11 is 0. The second-order valence-corrected chi connectivity index (χ2v) is 5.30. The predicted octanol–water partition coefficient (Wildman–Crippen LogP) is 1.98. The second kappa shape index (κ2) is 9.95. The highest BCUT2D eigenvalue weighted by Gasteiger charge is 2.11. The van der Waals surface area contributed by atoms with Gasteiger partial charge >= 0.3 is 5.97 Å². The highest BCUT2D eigenvalue weighted by Crippen LogP contribution is 2.28. The van der Waals surface area contributed by atoms with E-state index >= 15 is 0 Å². The fraction of sp³-hybridized carbons (Fsp3) is 0.500. The Hall–Kier alpha value is -2.05. The molecule has 0 atom stereocenters. The highest BCUT2D eigenvalue weighted by atomic mass is 16.5. The minimum Gasteiger partial charge on any atom is -0.493 e. The van der Waals surface area contributed by atoms with Crippen molar-refractivity contribution in [2.45, 2.75) is 6.92 Å². The summed E-state index contributed by atoms with van der Waals surface area (Å²) in [6, 6.07) is 5.56. The molecule has 1 fully saturated rings. The van der Waals surface area contributed by atoms with E-state index in [0.717, 1.165) is 38.4 Å². The number of ether oxygens (including phenoxy) is 4. The maximum absolute atomic E-state index is 11.4. The third kappa shape index (κ3) is 5.86. The van der Waals surface area contributed by atoms with Crippen molar-refractivity contribution in [3.05, 3.63) is 29.8 Å². The normalized spacial score (nSPS) is 15.4. The van der Waals surface area contributed by atoms with Crippen LogP contribution in [-0.2, 0) is 14.3 Å². The van der Waals surface area contributed by atoms with Gasteiger partial charge in [0.15, 0.2) is 11.5 Å². The van der Waals surface area contributed by atoms with Crippen LogP contribution in [0, 0.1) is 0 Å². The topological polar surface area (TPSA) is 57.2 Å². The van der Waals surface area contributed by atoms with Crippen LogP contribution < -0.4 is 9.47 Å². The number of carbonyl (C=O) groups is 1. The molecule has 1 aliphatic heterocycles. The van der Waals surface area contributed by atoms with Crippen LogP contribution >= 0.6 is 0 Å². The van der Waals surface area contributed by atoms with Gasteiger partial charge in [-0.15, -0.1) is 0 Å². The van der Waals surface area contributed by atoms with Crippen LogP contribution in [-0.4, -0.2) is 64.0 Å². The number of carbonyl (C=O) groups excluding carboxylic acids is 1. The summed E-state index contributed by atoms with van der Waals surface area (Å²) < 4.78 is 21.4. The first-order valence-corrected chi connectivity index (χ1v) is 8.18. The smallest absolute Gasteiger partial charge is 0.330 e. The second-order valence-electron chi connectivity index (χ2n) is 5.30. The summed E-state index contributed by atoms with van der Waals surface area (Å²) in [6.45, 7) is 7.04. The van der Waals surface area contributed by atoms with E-state index in [9.17, 15) is 4.79 Å². The van der Waals surface area contributed by atoms with Gasteiger partial charge in [-0.1, -0.05) is 6.07 Å². The average molecular weight is 335 g/mol. The maximum Gasteiger partial charge on any atom is 0.330 e. The number of morpholine rings is 1. The van der Waals surface area contributed by atoms with Gasteiger partial charge < -0.3 is 18.9 Å². The lowest BCUT2D eigenvalue weighted by Crippen LogP contribution is -2.38. The Morgan fingerprint density at radius 1 is 1.29 bits per heavy atom. The zero-order valence-corrected chi connectivity index (χ0v) is 14.3. The Morgan fingerprint density at radius 2 is 2.08 bits per heavy atom. The van der Waals surface area contributed by atoms with Crippen LogP contribution in [0.1, 0.15) is 12.5 Å². The summed E-state index contributed by atoms with van der Waals surface area (Å²) in [5, 5.41) is 0. The van der Waals surface area contributed by atoms with Crippen molar-refractivity contribution in [1.82, 2.24) is 4.90 Å². The lowest BCUT2D eigenvalue weighted by Gasteiger charge is -2.26. The minimum absolute atomic E-state index is 0.359. The molecule has 0 unspecified atom stereocenters. The summed E-state index contributed by atoms with van der Waals surface area (Å²) in [7, 11) is 1.60. The Morgan fingerprint density at radius 3 is 2.79 bits per heavy atom. The maximum atomic E-state index is 11.4. The van der Waals surface area contributed by atoms with Crippen molar-refractivity contribution in [2.75, 3.05) is 53.2 Å². The van der Waals surface area contributed by atoms with E-state index in [1.54, 1.807) is 20.1 Å². The molecule has 1 aromatic carbocycles. The first-order chi connectivity index (χ1) is 11.7. The van der Waals surface area contributed by atoms with Gasteiger partial charge in [-0.25, -0.2) is 4.79 Å². The molecule has 132 valence electrons. The minimum atomic E-state index is -0.359. The van der Waals surface area contributed by atoms with E-state index in [1.807, 2.05) is 18.2 Å². The molecule has 0 N–H and O–H groups in total. The predicted molar refractivity (Wildman–Crippen MR) is 91.4 cm³/mol. The molecule has 1 saturated heterocycles. The molecule has 0 saturated carbocycles. The van der Waals surface area contributed by atoms with Gasteiger partial charge in [0.2, 0.25) is 0 Å². The summed E-state index contributed by atoms with van der Waals surface area (Å²) in [4.78, 5) is 13.7. The summed E-state index contributed by atoms with van der Waals surface area (Å²) in [5.41, 5.74) is 0.848. The molecule has 6 heteroatoms. The molecular weight excluding hydrogens is 310 g/mol. The number of rotatable bonds is 8. The van der Waals surface area contributed by atoms with Crippen molar-refractivity contribution in [1.29, 1.82) is 0 Å². The monoisotopic (exact) mass is 335 g/mol. The number of hydrogen-bond acceptors (Lipinski definition) is 6. The van der Waals surface area contributed by atoms with Gasteiger partial charge in [0.25, 0.3) is 0 Å². The summed E-state index contributed by atoms with van der Waals surface area (Å²) in [5.74, 6) is 0.976. The Kier molecular flexibility index (Phi) is 7.58. The van der Waals surface area contributed by atoms with Crippen LogP contribution in [0.15, 0.2) is 24.3 Å². The quantitative estimate of drug-likeness (QED) is 0.535. The molecule has 1 aromatic rings. The fourth-order valence-corrected chi connectivity index (χ4v) is 2.37. The Balaban J connectivity index is 1.89. The zero-order valence-electron chi connectivity index (χ0n) is 14.3. The largest absolute Gasteiger partial charge is 0.493 e. The lowest BCUT2D eigenvalue weighted by molar-refractivity contribution is -0.137. The van der Waals surface area contributed by atoms with Crippen molar-refractivity contribution in [2.24, 2.45) is 0 Å². The van der Waals surface area contributed by atoms with Crippen LogP contribution in [0.4, 0.5) is 0 Å². The SMILES string of the molecule is CCOC(=O)C=Cc1ccc(OCCN2CCOCC2)c(OC)c1. The van der Waals surface area contributed by atoms with Crippen LogP contribution in [0.3, 0.4) is 0 Å². The summed E-state index contributed by atoms with van der Waals surface area (Å²) in [6.07, 6.45) is 3.09. The molecule has 2 rings (SSSR count). The molecule has 0 radical (unpaired) electrons. The van der Waals surface area contributed by atoms with Crippen molar-refractivity contribution < 1.29 is 23.7 Å². The molecule has 0 aliphatic carbocycles. The molecule has 0 aromatic heterocycles. The van der Waals surface area contributed by atoms with Crippen LogP contribution in [0.5, 0.6) is 11.5 Å². The number of nitrogens with zero attached hydrogens (tertiary/aromatic N) is 1. The van der Waals surface area contributed by atoms with Gasteiger partial charge in [0.1, 0.15) is 6.61 Å². The molecule has 1 heterocycles. The van der Waals surface area contributed by atoms with E-state index in [-0.39, 0.29) is 5.97 Å². The van der Waals surface area contributed by atoms with E-state index in [2.05, 4.69) is 4.90 Å². The first kappa shape index (κ1) is 18.3.